The number of hydrogen-bond acceptors (Lipinski definition) is 6. The fourth-order valence-corrected chi connectivity index (χ4v) is 3.59. The van der Waals surface area contributed by atoms with Crippen molar-refractivity contribution in [2.24, 2.45) is 0 Å². The Morgan fingerprint density at radius 2 is 1.79 bits per heavy atom. The van der Waals surface area contributed by atoms with Crippen molar-refractivity contribution >= 4 is 32.2 Å². The number of halogens is 1. The minimum absolute atomic E-state index is 0.0118. The molecule has 0 atom stereocenters. The van der Waals surface area contributed by atoms with Crippen LogP contribution in [0.5, 0.6) is 11.5 Å². The number of ether oxygens (including phenoxy) is 2. The lowest BCUT2D eigenvalue weighted by atomic mass is 10.2. The van der Waals surface area contributed by atoms with Gasteiger partial charge in [0.05, 0.1) is 24.4 Å². The van der Waals surface area contributed by atoms with E-state index in [1.807, 2.05) is 0 Å². The molecule has 0 radical (unpaired) electrons. The van der Waals surface area contributed by atoms with E-state index >= 15 is 0 Å². The van der Waals surface area contributed by atoms with Gasteiger partial charge in [-0.1, -0.05) is 18.2 Å². The molecule has 0 amide bonds. The minimum Gasteiger partial charge on any atom is -0.507 e. The van der Waals surface area contributed by atoms with Crippen molar-refractivity contribution in [2.75, 3.05) is 14.2 Å². The molecule has 0 aliphatic rings. The van der Waals surface area contributed by atoms with Gasteiger partial charge in [0.15, 0.2) is 9.84 Å². The number of phenolic OH excluding ortho intramolecular Hbond substituents is 1. The van der Waals surface area contributed by atoms with Crippen molar-refractivity contribution < 1.29 is 27.8 Å². The van der Waals surface area contributed by atoms with Crippen LogP contribution < -0.4 is 4.74 Å². The lowest BCUT2D eigenvalue weighted by Crippen LogP contribution is -2.06. The number of sulfone groups is 1. The van der Waals surface area contributed by atoms with Crippen LogP contribution in [-0.2, 0) is 25.1 Å². The molecule has 0 fully saturated rings. The molecule has 0 saturated heterocycles. The Balaban J connectivity index is 0.000000648. The highest BCUT2D eigenvalue weighted by Gasteiger charge is 2.20. The molecular formula is C16H17BrO6S. The predicted octanol–water partition coefficient (Wildman–Crippen LogP) is 2.93. The van der Waals surface area contributed by atoms with E-state index in [1.54, 1.807) is 30.3 Å². The van der Waals surface area contributed by atoms with E-state index in [2.05, 4.69) is 20.7 Å². The standard InChI is InChI=1S/C14H13BrO4S.C2H4O2/c1-19-13-4-2-3-5-14(13)20(17,18)9-10-6-7-11(15)12(16)8-10;1-4-2-3/h2-8,16H,9H2,1H3;2H,1H3. The van der Waals surface area contributed by atoms with E-state index in [0.29, 0.717) is 22.3 Å². The largest absolute Gasteiger partial charge is 0.507 e. The Labute approximate surface area is 149 Å². The van der Waals surface area contributed by atoms with Crippen molar-refractivity contribution in [1.82, 2.24) is 0 Å². The van der Waals surface area contributed by atoms with Crippen LogP contribution in [0.3, 0.4) is 0 Å². The van der Waals surface area contributed by atoms with Gasteiger partial charge in [0.1, 0.15) is 16.4 Å². The first kappa shape index (κ1) is 20.0. The summed E-state index contributed by atoms with van der Waals surface area (Å²) in [5.74, 6) is 0.125. The Morgan fingerprint density at radius 3 is 2.33 bits per heavy atom. The third-order valence-corrected chi connectivity index (χ3v) is 5.26. The smallest absolute Gasteiger partial charge is 0.292 e. The SMILES string of the molecule is COC=O.COc1ccccc1S(=O)(=O)Cc1ccc(Br)c(O)c1. The first-order valence-corrected chi connectivity index (χ1v) is 9.09. The molecule has 1 N–H and O–H groups in total. The van der Waals surface area contributed by atoms with Gasteiger partial charge in [0.25, 0.3) is 6.47 Å². The number of carbonyl (C=O) groups excluding carboxylic acids is 1. The van der Waals surface area contributed by atoms with Crippen molar-refractivity contribution in [3.63, 3.8) is 0 Å². The lowest BCUT2D eigenvalue weighted by molar-refractivity contribution is -0.126. The summed E-state index contributed by atoms with van der Waals surface area (Å²) in [6.45, 7) is 0.375. The van der Waals surface area contributed by atoms with Crippen molar-refractivity contribution in [2.45, 2.75) is 10.6 Å². The third kappa shape index (κ3) is 5.54. The van der Waals surface area contributed by atoms with Crippen LogP contribution in [0.4, 0.5) is 0 Å². The quantitative estimate of drug-likeness (QED) is 0.753. The normalized spacial score (nSPS) is 10.3. The maximum atomic E-state index is 12.4. The number of phenols is 1. The van der Waals surface area contributed by atoms with Gasteiger partial charge in [-0.05, 0) is 45.8 Å². The van der Waals surface area contributed by atoms with Gasteiger partial charge in [-0.2, -0.15) is 0 Å². The monoisotopic (exact) mass is 416 g/mol. The highest BCUT2D eigenvalue weighted by molar-refractivity contribution is 9.10. The average molecular weight is 417 g/mol. The zero-order valence-corrected chi connectivity index (χ0v) is 15.5. The molecule has 0 heterocycles. The van der Waals surface area contributed by atoms with Crippen LogP contribution in [0, 0.1) is 0 Å². The molecule has 0 aromatic heterocycles. The van der Waals surface area contributed by atoms with E-state index in [4.69, 9.17) is 9.53 Å². The maximum absolute atomic E-state index is 12.4. The van der Waals surface area contributed by atoms with E-state index in [1.165, 1.54) is 26.4 Å². The van der Waals surface area contributed by atoms with Crippen molar-refractivity contribution in [1.29, 1.82) is 0 Å². The second-order valence-electron chi connectivity index (χ2n) is 4.53. The number of rotatable bonds is 5. The molecule has 130 valence electrons. The Bertz CT molecular complexity index is 789. The summed E-state index contributed by atoms with van der Waals surface area (Å²) in [6.07, 6.45) is 0. The molecule has 0 unspecified atom stereocenters. The molecule has 0 aliphatic heterocycles. The molecule has 24 heavy (non-hydrogen) atoms. The van der Waals surface area contributed by atoms with Crippen LogP contribution in [-0.4, -0.2) is 34.2 Å². The van der Waals surface area contributed by atoms with Gasteiger partial charge in [0, 0.05) is 0 Å². The van der Waals surface area contributed by atoms with Crippen molar-refractivity contribution in [3.8, 4) is 11.5 Å². The van der Waals surface area contributed by atoms with Gasteiger partial charge < -0.3 is 14.6 Å². The summed E-state index contributed by atoms with van der Waals surface area (Å²) in [5, 5.41) is 9.60. The zero-order chi connectivity index (χ0) is 18.2. The van der Waals surface area contributed by atoms with E-state index in [-0.39, 0.29) is 16.4 Å². The first-order chi connectivity index (χ1) is 11.4. The van der Waals surface area contributed by atoms with Crippen LogP contribution in [0.2, 0.25) is 0 Å². The summed E-state index contributed by atoms with van der Waals surface area (Å²) in [4.78, 5) is 9.09. The van der Waals surface area contributed by atoms with Crippen LogP contribution in [0.15, 0.2) is 51.8 Å². The number of benzene rings is 2. The van der Waals surface area contributed by atoms with Crippen LogP contribution in [0.1, 0.15) is 5.56 Å². The number of methoxy groups -OCH3 is 2. The molecule has 6 nitrogen and oxygen atoms in total. The number of hydrogen-bond donors (Lipinski definition) is 1. The Hall–Kier alpha value is -2.06. The highest BCUT2D eigenvalue weighted by atomic mass is 79.9. The molecule has 0 bridgehead atoms. The molecule has 2 aromatic carbocycles. The summed E-state index contributed by atoms with van der Waals surface area (Å²) in [6, 6.07) is 11.2. The molecular weight excluding hydrogens is 400 g/mol. The third-order valence-electron chi connectivity index (χ3n) is 2.87. The topological polar surface area (TPSA) is 89.9 Å². The second kappa shape index (κ2) is 9.29. The summed E-state index contributed by atoms with van der Waals surface area (Å²) < 4.78 is 34.3. The Kier molecular flexibility index (Phi) is 7.73. The van der Waals surface area contributed by atoms with E-state index in [9.17, 15) is 13.5 Å². The first-order valence-electron chi connectivity index (χ1n) is 6.65. The molecule has 0 aliphatic carbocycles. The summed E-state index contributed by atoms with van der Waals surface area (Å²) in [5.41, 5.74) is 0.511. The van der Waals surface area contributed by atoms with Gasteiger partial charge in [-0.25, -0.2) is 8.42 Å². The van der Waals surface area contributed by atoms with Gasteiger partial charge in [0.2, 0.25) is 0 Å². The summed E-state index contributed by atoms with van der Waals surface area (Å²) >= 11 is 3.16. The molecule has 2 rings (SSSR count). The summed E-state index contributed by atoms with van der Waals surface area (Å²) in [7, 11) is -0.794. The van der Waals surface area contributed by atoms with Gasteiger partial charge in [-0.15, -0.1) is 0 Å². The maximum Gasteiger partial charge on any atom is 0.292 e. The average Bonchev–Trinajstić information content (AvgIpc) is 2.58. The molecule has 0 spiro atoms. The fourth-order valence-electron chi connectivity index (χ4n) is 1.82. The molecule has 2 aromatic rings. The minimum atomic E-state index is -3.54. The Morgan fingerprint density at radius 1 is 1.17 bits per heavy atom. The van der Waals surface area contributed by atoms with Crippen LogP contribution >= 0.6 is 15.9 Å². The predicted molar refractivity (Wildman–Crippen MR) is 92.8 cm³/mol. The van der Waals surface area contributed by atoms with Crippen LogP contribution in [0.25, 0.3) is 0 Å². The molecule has 8 heteroatoms. The highest BCUT2D eigenvalue weighted by Crippen LogP contribution is 2.29. The molecule has 0 saturated carbocycles. The van der Waals surface area contributed by atoms with E-state index < -0.39 is 9.84 Å². The van der Waals surface area contributed by atoms with E-state index in [0.717, 1.165) is 0 Å². The number of aromatic hydroxyl groups is 1. The fraction of sp³-hybridized carbons (Fsp3) is 0.188. The number of para-hydroxylation sites is 1. The van der Waals surface area contributed by atoms with Gasteiger partial charge in [-0.3, -0.25) is 4.79 Å². The van der Waals surface area contributed by atoms with Crippen molar-refractivity contribution in [3.05, 3.63) is 52.5 Å². The van der Waals surface area contributed by atoms with Gasteiger partial charge >= 0.3 is 0 Å². The lowest BCUT2D eigenvalue weighted by Gasteiger charge is -2.09. The zero-order valence-electron chi connectivity index (χ0n) is 13.1. The second-order valence-corrected chi connectivity index (χ2v) is 7.34. The number of carbonyl (C=O) groups is 1.